The lowest BCUT2D eigenvalue weighted by molar-refractivity contribution is -0.0768. The number of benzene rings is 1. The molecule has 4 rings (SSSR count). The Bertz CT molecular complexity index is 1060. The van der Waals surface area contributed by atoms with E-state index in [4.69, 9.17) is 14.2 Å². The van der Waals surface area contributed by atoms with Crippen molar-refractivity contribution in [3.63, 3.8) is 0 Å². The van der Waals surface area contributed by atoms with Gasteiger partial charge in [-0.05, 0) is 84.2 Å². The van der Waals surface area contributed by atoms with Gasteiger partial charge in [0.1, 0.15) is 18.0 Å². The molecule has 10 nitrogen and oxygen atoms in total. The fraction of sp³-hybridized carbons (Fsp3) is 0.731. The Balaban J connectivity index is 1.38. The molecule has 1 amide bonds. The number of hydrogen-bond acceptors (Lipinski definition) is 9. The van der Waals surface area contributed by atoms with Crippen LogP contribution < -0.4 is 15.4 Å². The van der Waals surface area contributed by atoms with Crippen LogP contribution in [0.1, 0.15) is 59.3 Å². The maximum Gasteiger partial charge on any atom is 0.407 e. The van der Waals surface area contributed by atoms with Crippen LogP contribution in [0.5, 0.6) is 5.75 Å². The van der Waals surface area contributed by atoms with Gasteiger partial charge in [0.15, 0.2) is 9.84 Å². The number of ether oxygens (including phenoxy) is 3. The van der Waals surface area contributed by atoms with E-state index in [2.05, 4.69) is 10.6 Å². The van der Waals surface area contributed by atoms with Crippen molar-refractivity contribution in [3.8, 4) is 5.75 Å². The average molecular weight is 541 g/mol. The number of aliphatic hydroxyl groups is 2. The van der Waals surface area contributed by atoms with Gasteiger partial charge in [-0.15, -0.1) is 0 Å². The van der Waals surface area contributed by atoms with Crippen LogP contribution in [-0.2, 0) is 19.3 Å². The van der Waals surface area contributed by atoms with Gasteiger partial charge in [0, 0.05) is 6.42 Å². The quantitative estimate of drug-likeness (QED) is 0.369. The van der Waals surface area contributed by atoms with E-state index in [9.17, 15) is 23.4 Å². The Morgan fingerprint density at radius 3 is 2.57 bits per heavy atom. The van der Waals surface area contributed by atoms with E-state index in [1.165, 1.54) is 12.1 Å². The van der Waals surface area contributed by atoms with Crippen molar-refractivity contribution < 1.29 is 37.6 Å². The molecule has 2 aliphatic heterocycles. The number of carbonyl (C=O) groups excluding carboxylic acids is 1. The molecule has 1 aromatic rings. The third-order valence-electron chi connectivity index (χ3n) is 7.39. The fourth-order valence-electron chi connectivity index (χ4n) is 5.16. The second-order valence-corrected chi connectivity index (χ2v) is 13.9. The molecule has 11 heteroatoms. The van der Waals surface area contributed by atoms with Crippen LogP contribution >= 0.6 is 0 Å². The molecule has 4 N–H and O–H groups in total. The Kier molecular flexibility index (Phi) is 8.11. The molecular weight excluding hydrogens is 500 g/mol. The molecule has 0 bridgehead atoms. The third-order valence-corrected chi connectivity index (χ3v) is 9.94. The Hall–Kier alpha value is -1.92. The number of hydrogen-bond donors (Lipinski definition) is 4. The first-order valence-corrected chi connectivity index (χ1v) is 14.5. The van der Waals surface area contributed by atoms with E-state index >= 15 is 0 Å². The van der Waals surface area contributed by atoms with Crippen LogP contribution in [-0.4, -0.2) is 85.2 Å². The van der Waals surface area contributed by atoms with Crippen LogP contribution in [0.2, 0.25) is 0 Å². The summed E-state index contributed by atoms with van der Waals surface area (Å²) in [5.74, 6) is 0.319. The largest absolute Gasteiger partial charge is 0.491 e. The maximum atomic E-state index is 12.9. The zero-order chi connectivity index (χ0) is 26.9. The minimum atomic E-state index is -3.67. The van der Waals surface area contributed by atoms with E-state index in [0.717, 1.165) is 25.9 Å². The number of piperidine rings is 1. The van der Waals surface area contributed by atoms with Crippen molar-refractivity contribution in [1.29, 1.82) is 0 Å². The molecule has 2 heterocycles. The molecule has 1 saturated carbocycles. The van der Waals surface area contributed by atoms with Crippen LogP contribution in [0.3, 0.4) is 0 Å². The topological polar surface area (TPSA) is 143 Å². The third kappa shape index (κ3) is 6.57. The van der Waals surface area contributed by atoms with Gasteiger partial charge in [0.05, 0.1) is 40.1 Å². The Labute approximate surface area is 219 Å². The molecule has 0 radical (unpaired) electrons. The van der Waals surface area contributed by atoms with Gasteiger partial charge in [0.2, 0.25) is 0 Å². The summed E-state index contributed by atoms with van der Waals surface area (Å²) < 4.78 is 42.3. The number of amides is 1. The summed E-state index contributed by atoms with van der Waals surface area (Å²) in [4.78, 5) is 12.6. The molecule has 2 unspecified atom stereocenters. The summed E-state index contributed by atoms with van der Waals surface area (Å²) >= 11 is 0. The van der Waals surface area contributed by atoms with Crippen molar-refractivity contribution in [3.05, 3.63) is 24.3 Å². The molecule has 1 spiro atoms. The van der Waals surface area contributed by atoms with Crippen molar-refractivity contribution in [2.75, 3.05) is 26.3 Å². The number of nitrogens with one attached hydrogen (secondary N) is 2. The minimum absolute atomic E-state index is 0.0672. The van der Waals surface area contributed by atoms with Crippen LogP contribution in [0, 0.1) is 0 Å². The second kappa shape index (κ2) is 10.7. The molecule has 3 aliphatic rings. The lowest BCUT2D eigenvalue weighted by Crippen LogP contribution is -2.45. The molecule has 0 aromatic heterocycles. The van der Waals surface area contributed by atoms with Crippen LogP contribution in [0.25, 0.3) is 0 Å². The number of sulfone groups is 1. The highest BCUT2D eigenvalue weighted by Gasteiger charge is 2.54. The molecular formula is C26H40N2O8S. The molecule has 3 fully saturated rings. The molecule has 1 aliphatic carbocycles. The van der Waals surface area contributed by atoms with Gasteiger partial charge >= 0.3 is 6.09 Å². The summed E-state index contributed by atoms with van der Waals surface area (Å²) in [5.41, 5.74) is -0.985. The van der Waals surface area contributed by atoms with Gasteiger partial charge < -0.3 is 35.1 Å². The fourth-order valence-corrected chi connectivity index (χ4v) is 7.00. The second-order valence-electron chi connectivity index (χ2n) is 11.6. The Morgan fingerprint density at radius 1 is 1.24 bits per heavy atom. The van der Waals surface area contributed by atoms with E-state index in [1.807, 2.05) is 0 Å². The van der Waals surface area contributed by atoms with Crippen molar-refractivity contribution in [1.82, 2.24) is 10.6 Å². The minimum Gasteiger partial charge on any atom is -0.491 e. The SMILES string of the molecule is CC(C)(C)OC(=O)NC1CC2(CCNCC2)O[C@H]1CC(O)COc1cccc(S(=O)(=O)C2(CO)CC2)c1. The predicted molar refractivity (Wildman–Crippen MR) is 136 cm³/mol. The molecule has 1 aromatic carbocycles. The van der Waals surface area contributed by atoms with E-state index in [-0.39, 0.29) is 29.6 Å². The van der Waals surface area contributed by atoms with E-state index < -0.39 is 45.1 Å². The van der Waals surface area contributed by atoms with Gasteiger partial charge in [-0.1, -0.05) is 6.07 Å². The summed E-state index contributed by atoms with van der Waals surface area (Å²) in [6, 6.07) is 5.83. The first-order valence-electron chi connectivity index (χ1n) is 13.0. The molecule has 208 valence electrons. The van der Waals surface area contributed by atoms with E-state index in [0.29, 0.717) is 25.0 Å². The highest BCUT2D eigenvalue weighted by molar-refractivity contribution is 7.93. The summed E-state index contributed by atoms with van der Waals surface area (Å²) in [6.45, 7) is 6.60. The van der Waals surface area contributed by atoms with Crippen LogP contribution in [0.15, 0.2) is 29.2 Å². The highest BCUT2D eigenvalue weighted by Crippen LogP contribution is 2.46. The van der Waals surface area contributed by atoms with Gasteiger partial charge in [0.25, 0.3) is 0 Å². The zero-order valence-electron chi connectivity index (χ0n) is 21.9. The highest BCUT2D eigenvalue weighted by atomic mass is 32.2. The predicted octanol–water partition coefficient (Wildman–Crippen LogP) is 1.92. The van der Waals surface area contributed by atoms with Crippen LogP contribution in [0.4, 0.5) is 4.79 Å². The zero-order valence-corrected chi connectivity index (χ0v) is 22.7. The average Bonchev–Trinajstić information content (AvgIpc) is 3.58. The smallest absolute Gasteiger partial charge is 0.407 e. The number of rotatable bonds is 9. The number of aliphatic hydroxyl groups excluding tert-OH is 2. The van der Waals surface area contributed by atoms with Gasteiger partial charge in [-0.2, -0.15) is 0 Å². The van der Waals surface area contributed by atoms with Crippen molar-refractivity contribution in [2.45, 2.75) is 98.4 Å². The monoisotopic (exact) mass is 540 g/mol. The normalized spacial score (nSPS) is 25.4. The molecule has 2 saturated heterocycles. The van der Waals surface area contributed by atoms with Gasteiger partial charge in [-0.25, -0.2) is 13.2 Å². The first-order chi connectivity index (χ1) is 17.4. The molecule has 3 atom stereocenters. The van der Waals surface area contributed by atoms with Crippen molar-refractivity contribution in [2.24, 2.45) is 0 Å². The number of carbonyl (C=O) groups is 1. The summed E-state index contributed by atoms with van der Waals surface area (Å²) in [7, 11) is -3.67. The molecule has 37 heavy (non-hydrogen) atoms. The van der Waals surface area contributed by atoms with Crippen molar-refractivity contribution >= 4 is 15.9 Å². The summed E-state index contributed by atoms with van der Waals surface area (Å²) in [6.07, 6.45) is 1.54. The number of alkyl carbamates (subject to hydrolysis) is 1. The lowest BCUT2D eigenvalue weighted by Gasteiger charge is -2.33. The maximum absolute atomic E-state index is 12.9. The van der Waals surface area contributed by atoms with Gasteiger partial charge in [-0.3, -0.25) is 0 Å². The van der Waals surface area contributed by atoms with E-state index in [1.54, 1.807) is 32.9 Å². The lowest BCUT2D eigenvalue weighted by atomic mass is 9.87. The first kappa shape index (κ1) is 28.1. The Morgan fingerprint density at radius 2 is 1.95 bits per heavy atom. The standard InChI is InChI=1S/C26H40N2O8S/c1-24(2,3)36-23(31)28-21-15-25(9-11-27-12-10-25)35-22(21)13-18(30)16-34-19-5-4-6-20(14-19)37(32,33)26(17-29)7-8-26/h4-6,14,18,21-22,27,29-30H,7-13,15-17H2,1-3H3,(H,28,31)/t18?,21?,22-/m0/s1. The summed E-state index contributed by atoms with van der Waals surface area (Å²) in [5, 5.41) is 26.6.